The molecule has 1 amide bonds. The Labute approximate surface area is 375 Å². The van der Waals surface area contributed by atoms with Crippen LogP contribution in [0.1, 0.15) is 80.3 Å². The van der Waals surface area contributed by atoms with Gasteiger partial charge in [-0.05, 0) is 107 Å². The molecule has 2 N–H and O–H groups in total. The van der Waals surface area contributed by atoms with Gasteiger partial charge >= 0.3 is 87.2 Å². The summed E-state index contributed by atoms with van der Waals surface area (Å²) in [6.07, 6.45) is -8.20. The number of esters is 1. The van der Waals surface area contributed by atoms with E-state index in [1.807, 2.05) is 32.8 Å². The Balaban J connectivity index is 0. The molecule has 0 radical (unpaired) electrons. The molecule has 1 aromatic heterocycles. The molecule has 0 bridgehead atoms. The topological polar surface area (TPSA) is 94.6 Å². The number of carbonyl (C=O) groups excluding carboxylic acids is 2. The normalized spacial score (nSPS) is 12.9. The minimum absolute atomic E-state index is 0. The molecule has 304 valence electrons. The number of allylic oxidation sites excluding steroid dienone is 5. The SMILES string of the molecule is C=C(/C=C(\C(F)=C(/F)CCC(=O)OCC)c1c(C)cc(F)cc1C)C(F)(F)F.CC(C)CC(C(N)=O)n1cc(CCCN(C)C)c(C(F)(F)F)cc1=O.[CH3-].[Cs+]. The first-order valence-electron chi connectivity index (χ1n) is 16.5. The van der Waals surface area contributed by atoms with Crippen LogP contribution in [0.2, 0.25) is 0 Å². The fourth-order valence-corrected chi connectivity index (χ4v) is 5.24. The molecule has 0 aliphatic heterocycles. The van der Waals surface area contributed by atoms with Crippen LogP contribution < -0.4 is 80.2 Å². The number of carbonyl (C=O) groups is 2. The number of hydrogen-bond donors (Lipinski definition) is 1. The molecule has 1 heterocycles. The van der Waals surface area contributed by atoms with E-state index >= 15 is 0 Å². The average molecular weight is 916 g/mol. The second-order valence-corrected chi connectivity index (χ2v) is 12.9. The van der Waals surface area contributed by atoms with Crippen molar-refractivity contribution in [1.82, 2.24) is 9.47 Å². The fraction of sp³-hybridized carbons (Fsp3) is 0.474. The van der Waals surface area contributed by atoms with Gasteiger partial charge in [-0.25, -0.2) is 13.2 Å². The number of ether oxygens (including phenoxy) is 1. The average Bonchev–Trinajstić information content (AvgIpc) is 3.00. The monoisotopic (exact) mass is 915 g/mol. The summed E-state index contributed by atoms with van der Waals surface area (Å²) in [5.74, 6) is -5.10. The summed E-state index contributed by atoms with van der Waals surface area (Å²) in [5, 5.41) is 0. The van der Waals surface area contributed by atoms with Crippen LogP contribution in [-0.4, -0.2) is 54.8 Å². The molecule has 2 aromatic rings. The van der Waals surface area contributed by atoms with Gasteiger partial charge in [-0.2, -0.15) is 26.3 Å². The van der Waals surface area contributed by atoms with E-state index < -0.39 is 82.9 Å². The standard InChI is InChI=1S/C20H20F6O2.C17H26F3N3O2.CH3.Cs/c1-5-28-17(27)7-6-16(22)19(23)15(10-13(4)20(24,25)26)18-11(2)8-14(21)9-12(18)3;1-11(2)8-14(16(21)25)23-10-12(6-5-7-22(3)4)13(9-15(23)24)17(18,19)20;;/h8-10H,4-7H2,1-3H3;9-11,14H,5-8H2,1-4H3,(H2,21,25);1H3;/q;;-1;+1/b15-10-,19-16+;;;. The van der Waals surface area contributed by atoms with Crippen LogP contribution >= 0.6 is 0 Å². The molecule has 1 unspecified atom stereocenters. The Kier molecular flexibility index (Phi) is 24.4. The number of nitrogens with two attached hydrogens (primary N) is 1. The first-order chi connectivity index (χ1) is 24.3. The van der Waals surface area contributed by atoms with Crippen molar-refractivity contribution in [3.8, 4) is 0 Å². The van der Waals surface area contributed by atoms with Crippen molar-refractivity contribution in [2.45, 2.75) is 85.1 Å². The zero-order valence-electron chi connectivity index (χ0n) is 32.7. The number of rotatable bonds is 15. The van der Waals surface area contributed by atoms with Crippen molar-refractivity contribution >= 4 is 17.4 Å². The molecule has 0 saturated heterocycles. The molecule has 2 rings (SSSR count). The van der Waals surface area contributed by atoms with Crippen molar-refractivity contribution in [3.05, 3.63) is 106 Å². The van der Waals surface area contributed by atoms with Crippen LogP contribution in [-0.2, 0) is 26.9 Å². The summed E-state index contributed by atoms with van der Waals surface area (Å²) in [6, 6.07) is 1.61. The molecule has 0 aliphatic carbocycles. The van der Waals surface area contributed by atoms with Gasteiger partial charge in [0.05, 0.1) is 18.6 Å². The number of alkyl halides is 6. The van der Waals surface area contributed by atoms with Crippen LogP contribution in [0.4, 0.5) is 39.5 Å². The van der Waals surface area contributed by atoms with Crippen molar-refractivity contribution in [2.24, 2.45) is 11.7 Å². The predicted octanol–water partition coefficient (Wildman–Crippen LogP) is 6.33. The van der Waals surface area contributed by atoms with E-state index in [1.165, 1.54) is 20.8 Å². The molecule has 0 fully saturated rings. The summed E-state index contributed by atoms with van der Waals surface area (Å²) < 4.78 is 127. The molecule has 0 spiro atoms. The maximum Gasteiger partial charge on any atom is 1.00 e. The Hall–Kier alpha value is -2.29. The molecule has 0 saturated carbocycles. The zero-order chi connectivity index (χ0) is 41.0. The summed E-state index contributed by atoms with van der Waals surface area (Å²) >= 11 is 0. The third kappa shape index (κ3) is 18.2. The van der Waals surface area contributed by atoms with Gasteiger partial charge in [0.2, 0.25) is 5.91 Å². The first kappa shape index (κ1) is 54.8. The van der Waals surface area contributed by atoms with Gasteiger partial charge in [0.25, 0.3) is 5.56 Å². The van der Waals surface area contributed by atoms with Gasteiger partial charge in [0.15, 0.2) is 5.83 Å². The van der Waals surface area contributed by atoms with E-state index in [2.05, 4.69) is 11.3 Å². The van der Waals surface area contributed by atoms with Crippen molar-refractivity contribution in [1.29, 1.82) is 0 Å². The first-order valence-corrected chi connectivity index (χ1v) is 16.5. The van der Waals surface area contributed by atoms with E-state index in [0.717, 1.165) is 22.9 Å². The van der Waals surface area contributed by atoms with E-state index in [9.17, 15) is 53.9 Å². The van der Waals surface area contributed by atoms with E-state index in [4.69, 9.17) is 5.73 Å². The second-order valence-electron chi connectivity index (χ2n) is 12.9. The van der Waals surface area contributed by atoms with Crippen LogP contribution in [0.25, 0.3) is 5.57 Å². The molecule has 7 nitrogen and oxygen atoms in total. The van der Waals surface area contributed by atoms with Crippen molar-refractivity contribution in [2.75, 3.05) is 27.2 Å². The summed E-state index contributed by atoms with van der Waals surface area (Å²) in [4.78, 5) is 37.1. The Morgan fingerprint density at radius 3 is 2.00 bits per heavy atom. The fourth-order valence-electron chi connectivity index (χ4n) is 5.24. The van der Waals surface area contributed by atoms with Crippen LogP contribution in [0.5, 0.6) is 0 Å². The van der Waals surface area contributed by atoms with Crippen molar-refractivity contribution in [3.63, 3.8) is 0 Å². The van der Waals surface area contributed by atoms with Crippen LogP contribution in [0, 0.1) is 33.0 Å². The predicted molar refractivity (Wildman–Crippen MR) is 191 cm³/mol. The number of pyridine rings is 1. The zero-order valence-corrected chi connectivity index (χ0v) is 39.0. The number of nitrogens with zero attached hydrogens (tertiary/aromatic N) is 2. The largest absolute Gasteiger partial charge is 1.00 e. The number of benzene rings is 1. The van der Waals surface area contributed by atoms with Gasteiger partial charge < -0.3 is 27.4 Å². The molecular formula is C38H49CsF9N3O4. The number of aryl methyl sites for hydroxylation is 3. The number of halogens is 9. The third-order valence-corrected chi connectivity index (χ3v) is 7.66. The van der Waals surface area contributed by atoms with E-state index in [-0.39, 0.29) is 124 Å². The molecule has 17 heteroatoms. The molecule has 0 aliphatic rings. The number of primary amides is 1. The van der Waals surface area contributed by atoms with Gasteiger partial charge in [-0.15, -0.1) is 0 Å². The summed E-state index contributed by atoms with van der Waals surface area (Å²) in [7, 11) is 3.66. The van der Waals surface area contributed by atoms with Crippen LogP contribution in [0.15, 0.2) is 59.1 Å². The molecule has 1 atom stereocenters. The second kappa shape index (κ2) is 24.5. The summed E-state index contributed by atoms with van der Waals surface area (Å²) in [6.45, 7) is 11.5. The quantitative estimate of drug-likeness (QED) is 0.0978. The third-order valence-electron chi connectivity index (χ3n) is 7.66. The Morgan fingerprint density at radius 2 is 1.56 bits per heavy atom. The number of hydrogen-bond acceptors (Lipinski definition) is 5. The molecular weight excluding hydrogens is 866 g/mol. The van der Waals surface area contributed by atoms with Crippen LogP contribution in [0.3, 0.4) is 0 Å². The maximum absolute atomic E-state index is 14.8. The minimum Gasteiger partial charge on any atom is -0.466 e. The maximum atomic E-state index is 14.8. The van der Waals surface area contributed by atoms with Gasteiger partial charge in [0, 0.05) is 29.8 Å². The van der Waals surface area contributed by atoms with Gasteiger partial charge in [-0.3, -0.25) is 14.4 Å². The van der Waals surface area contributed by atoms with Gasteiger partial charge in [0.1, 0.15) is 17.7 Å². The van der Waals surface area contributed by atoms with E-state index in [0.29, 0.717) is 25.1 Å². The summed E-state index contributed by atoms with van der Waals surface area (Å²) in [5.41, 5.74) is 1.58. The Morgan fingerprint density at radius 1 is 1.02 bits per heavy atom. The van der Waals surface area contributed by atoms with Gasteiger partial charge in [-0.1, -0.05) is 20.4 Å². The molecule has 1 aromatic carbocycles. The van der Waals surface area contributed by atoms with E-state index in [1.54, 1.807) is 0 Å². The number of amides is 1. The number of aromatic nitrogens is 1. The molecule has 55 heavy (non-hydrogen) atoms. The minimum atomic E-state index is -4.87. The smallest absolute Gasteiger partial charge is 0.466 e. The van der Waals surface area contributed by atoms with Crippen molar-refractivity contribution < 1.29 is 123 Å². The Bertz CT molecular complexity index is 1710.